The standard InChI is InChI=1S/C21H23F6NO3.C2H6.H3OP/c22-20(23,24)18-12-15(3-7-16(28)13-29)6-10-19(18)30-11-1-2-14-4-8-17(9-5-14)31-21(25,26)27;2*1-2/h4-6,8-10,12,16,29H,1-3,7,11,13,28H2;1-2H3;1H,2H2. The maximum Gasteiger partial charge on any atom is 0.573 e. The Morgan fingerprint density at radius 2 is 1.49 bits per heavy atom. The molecule has 2 aromatic carbocycles. The van der Waals surface area contributed by atoms with Gasteiger partial charge in [0, 0.05) is 6.04 Å². The van der Waals surface area contributed by atoms with Gasteiger partial charge in [-0.05, 0) is 70.5 Å². The number of aryl methyl sites for hydroxylation is 2. The second-order valence-corrected chi connectivity index (χ2v) is 6.95. The molecule has 0 spiro atoms. The first-order valence-electron chi connectivity index (χ1n) is 10.8. The maximum absolute atomic E-state index is 13.4. The summed E-state index contributed by atoms with van der Waals surface area (Å²) in [6.45, 7) is 3.75. The van der Waals surface area contributed by atoms with Crippen molar-refractivity contribution >= 4 is 9.47 Å². The molecular formula is C23H32F6NO4P. The molecule has 2 rings (SSSR count). The van der Waals surface area contributed by atoms with Crippen LogP contribution in [0.4, 0.5) is 26.3 Å². The van der Waals surface area contributed by atoms with Gasteiger partial charge >= 0.3 is 12.5 Å². The van der Waals surface area contributed by atoms with Crippen molar-refractivity contribution in [1.29, 1.82) is 0 Å². The Balaban J connectivity index is 0.00000274. The molecule has 0 aliphatic carbocycles. The van der Waals surface area contributed by atoms with Crippen molar-refractivity contribution < 1.29 is 45.8 Å². The number of aliphatic hydroxyl groups is 1. The van der Waals surface area contributed by atoms with Gasteiger partial charge in [0.2, 0.25) is 0 Å². The van der Waals surface area contributed by atoms with E-state index in [4.69, 9.17) is 20.5 Å². The number of hydrogen-bond acceptors (Lipinski definition) is 5. The zero-order valence-corrected chi connectivity index (χ0v) is 20.6. The first-order chi connectivity index (χ1) is 16.5. The summed E-state index contributed by atoms with van der Waals surface area (Å²) in [4.78, 5) is 6.92. The molecule has 200 valence electrons. The van der Waals surface area contributed by atoms with Crippen molar-refractivity contribution in [2.24, 2.45) is 5.73 Å². The molecule has 2 aromatic rings. The number of rotatable bonds is 10. The Morgan fingerprint density at radius 1 is 0.914 bits per heavy atom. The van der Waals surface area contributed by atoms with Gasteiger partial charge in [0.1, 0.15) is 11.5 Å². The third-order valence-electron chi connectivity index (χ3n) is 4.41. The maximum atomic E-state index is 13.4. The number of hydrogen-bond donors (Lipinski definition) is 3. The second kappa shape index (κ2) is 16.6. The quantitative estimate of drug-likeness (QED) is 0.209. The number of benzene rings is 2. The van der Waals surface area contributed by atoms with Gasteiger partial charge in [-0.2, -0.15) is 13.2 Å². The van der Waals surface area contributed by atoms with E-state index in [9.17, 15) is 26.3 Å². The lowest BCUT2D eigenvalue weighted by molar-refractivity contribution is -0.274. The van der Waals surface area contributed by atoms with E-state index in [1.165, 1.54) is 45.9 Å². The van der Waals surface area contributed by atoms with Gasteiger partial charge in [0.05, 0.1) is 18.8 Å². The summed E-state index contributed by atoms with van der Waals surface area (Å²) in [5, 5.41) is 8.93. The van der Waals surface area contributed by atoms with Crippen molar-refractivity contribution in [2.75, 3.05) is 13.2 Å². The molecule has 0 aliphatic rings. The molecule has 0 radical (unpaired) electrons. The van der Waals surface area contributed by atoms with Crippen LogP contribution in [0.2, 0.25) is 0 Å². The molecule has 0 saturated carbocycles. The summed E-state index contributed by atoms with van der Waals surface area (Å²) in [5.41, 5.74) is 5.83. The van der Waals surface area contributed by atoms with Gasteiger partial charge in [-0.3, -0.25) is 0 Å². The normalized spacial score (nSPS) is 12.0. The lowest BCUT2D eigenvalue weighted by Gasteiger charge is -2.16. The van der Waals surface area contributed by atoms with Crippen LogP contribution in [0.25, 0.3) is 0 Å². The second-order valence-electron chi connectivity index (χ2n) is 6.95. The van der Waals surface area contributed by atoms with Gasteiger partial charge in [-0.25, -0.2) is 0 Å². The predicted molar refractivity (Wildman–Crippen MR) is 125 cm³/mol. The summed E-state index contributed by atoms with van der Waals surface area (Å²) in [6.07, 6.45) is -7.96. The third kappa shape index (κ3) is 13.6. The minimum Gasteiger partial charge on any atom is -0.493 e. The summed E-state index contributed by atoms with van der Waals surface area (Å²) in [6, 6.07) is 8.54. The molecule has 0 amide bonds. The number of alkyl halides is 6. The van der Waals surface area contributed by atoms with Crippen LogP contribution in [0, 0.1) is 0 Å². The van der Waals surface area contributed by atoms with E-state index in [2.05, 4.69) is 4.74 Å². The van der Waals surface area contributed by atoms with E-state index in [0.717, 1.165) is 6.07 Å². The Bertz CT molecular complexity index is 832. The molecule has 2 atom stereocenters. The summed E-state index contributed by atoms with van der Waals surface area (Å²) in [5.74, 6) is -0.640. The van der Waals surface area contributed by atoms with Crippen LogP contribution < -0.4 is 15.2 Å². The number of ether oxygens (including phenoxy) is 2. The Kier molecular flexibility index (Phi) is 15.6. The lowest BCUT2D eigenvalue weighted by atomic mass is 10.0. The summed E-state index contributed by atoms with van der Waals surface area (Å²) >= 11 is 0. The molecule has 0 aromatic heterocycles. The predicted octanol–water partition coefficient (Wildman–Crippen LogP) is 5.66. The summed E-state index contributed by atoms with van der Waals surface area (Å²) < 4.78 is 85.7. The molecular weight excluding hydrogens is 499 g/mol. The highest BCUT2D eigenvalue weighted by molar-refractivity contribution is 7.08. The van der Waals surface area contributed by atoms with Crippen molar-refractivity contribution in [3.8, 4) is 11.5 Å². The van der Waals surface area contributed by atoms with Crippen molar-refractivity contribution in [3.05, 3.63) is 59.2 Å². The van der Waals surface area contributed by atoms with Crippen LogP contribution >= 0.6 is 9.47 Å². The SMILES string of the molecule is CC.NC(CO)CCc1ccc(OCCCc2ccc(OC(F)(F)F)cc2)c(C(F)(F)F)c1.OP. The molecule has 4 N–H and O–H groups in total. The van der Waals surface area contributed by atoms with Crippen molar-refractivity contribution in [3.63, 3.8) is 0 Å². The van der Waals surface area contributed by atoms with Crippen LogP contribution in [0.3, 0.4) is 0 Å². The average Bonchev–Trinajstić information content (AvgIpc) is 2.82. The van der Waals surface area contributed by atoms with E-state index < -0.39 is 24.1 Å². The number of nitrogens with two attached hydrogens (primary N) is 1. The smallest absolute Gasteiger partial charge is 0.493 e. The van der Waals surface area contributed by atoms with Gasteiger partial charge in [0.15, 0.2) is 0 Å². The molecule has 0 fully saturated rings. The highest BCUT2D eigenvalue weighted by Gasteiger charge is 2.34. The van der Waals surface area contributed by atoms with E-state index in [1.54, 1.807) is 0 Å². The topological polar surface area (TPSA) is 84.9 Å². The molecule has 0 bridgehead atoms. The Labute approximate surface area is 203 Å². The largest absolute Gasteiger partial charge is 0.573 e. The molecule has 2 unspecified atom stereocenters. The zero-order chi connectivity index (χ0) is 27.1. The Hall–Kier alpha value is -2.07. The highest BCUT2D eigenvalue weighted by atomic mass is 31.0. The van der Waals surface area contributed by atoms with Gasteiger partial charge in [-0.1, -0.05) is 32.0 Å². The van der Waals surface area contributed by atoms with Gasteiger partial charge in [-0.15, -0.1) is 13.2 Å². The van der Waals surface area contributed by atoms with Crippen LogP contribution in [-0.4, -0.2) is 35.6 Å². The summed E-state index contributed by atoms with van der Waals surface area (Å²) in [7, 11) is 1.42. The fourth-order valence-corrected chi connectivity index (χ4v) is 2.84. The minimum absolute atomic E-state index is 0.00137. The average molecular weight is 531 g/mol. The first-order valence-corrected chi connectivity index (χ1v) is 11.3. The number of aliphatic hydroxyl groups excluding tert-OH is 1. The molecule has 5 nitrogen and oxygen atoms in total. The fraction of sp³-hybridized carbons (Fsp3) is 0.478. The molecule has 0 aliphatic heterocycles. The van der Waals surface area contributed by atoms with Crippen LogP contribution in [0.15, 0.2) is 42.5 Å². The third-order valence-corrected chi connectivity index (χ3v) is 4.41. The molecule has 35 heavy (non-hydrogen) atoms. The van der Waals surface area contributed by atoms with Crippen molar-refractivity contribution in [2.45, 2.75) is 58.1 Å². The van der Waals surface area contributed by atoms with E-state index >= 15 is 0 Å². The van der Waals surface area contributed by atoms with E-state index in [0.29, 0.717) is 36.8 Å². The molecule has 0 saturated heterocycles. The highest BCUT2D eigenvalue weighted by Crippen LogP contribution is 2.37. The zero-order valence-electron chi connectivity index (χ0n) is 19.5. The monoisotopic (exact) mass is 531 g/mol. The van der Waals surface area contributed by atoms with E-state index in [1.807, 2.05) is 13.8 Å². The van der Waals surface area contributed by atoms with Crippen LogP contribution in [0.5, 0.6) is 11.5 Å². The Morgan fingerprint density at radius 3 is 2.00 bits per heavy atom. The van der Waals surface area contributed by atoms with Crippen LogP contribution in [-0.2, 0) is 19.0 Å². The molecule has 12 heteroatoms. The van der Waals surface area contributed by atoms with Crippen molar-refractivity contribution in [1.82, 2.24) is 0 Å². The fourth-order valence-electron chi connectivity index (χ4n) is 2.84. The lowest BCUT2D eigenvalue weighted by Crippen LogP contribution is -2.24. The van der Waals surface area contributed by atoms with Crippen LogP contribution in [0.1, 0.15) is 43.4 Å². The molecule has 0 heterocycles. The van der Waals surface area contributed by atoms with E-state index in [-0.39, 0.29) is 24.7 Å². The minimum atomic E-state index is -4.77. The first kappa shape index (κ1) is 32.9. The number of halogens is 6. The van der Waals surface area contributed by atoms with Gasteiger partial charge < -0.3 is 25.2 Å². The van der Waals surface area contributed by atoms with Gasteiger partial charge in [0.25, 0.3) is 0 Å².